The summed E-state index contributed by atoms with van der Waals surface area (Å²) in [6, 6.07) is 5.46. The zero-order chi connectivity index (χ0) is 15.3. The maximum Gasteiger partial charge on any atom is 0.321 e. The third-order valence-electron chi connectivity index (χ3n) is 3.38. The number of sulfonamides is 1. The second kappa shape index (κ2) is 6.85. The molecule has 2 N–H and O–H groups in total. The Balaban J connectivity index is 2.96. The minimum Gasteiger partial charge on any atom is -0.480 e. The fraction of sp³-hybridized carbons (Fsp3) is 0.500. The van der Waals surface area contributed by atoms with Gasteiger partial charge in [-0.3, -0.25) is 4.79 Å². The van der Waals surface area contributed by atoms with E-state index < -0.39 is 22.0 Å². The fourth-order valence-electron chi connectivity index (χ4n) is 1.77. The number of aliphatic carboxylic acids is 1. The molecule has 6 heteroatoms. The second-order valence-electron chi connectivity index (χ2n) is 4.80. The van der Waals surface area contributed by atoms with E-state index in [1.54, 1.807) is 19.1 Å². The van der Waals surface area contributed by atoms with Crippen molar-refractivity contribution in [1.29, 1.82) is 0 Å². The number of carboxylic acid groups (broad SMARTS) is 1. The van der Waals surface area contributed by atoms with Crippen LogP contribution >= 0.6 is 0 Å². The first kappa shape index (κ1) is 16.7. The Kier molecular flexibility index (Phi) is 5.71. The van der Waals surface area contributed by atoms with Gasteiger partial charge in [-0.1, -0.05) is 32.9 Å². The molecule has 2 atom stereocenters. The molecule has 20 heavy (non-hydrogen) atoms. The summed E-state index contributed by atoms with van der Waals surface area (Å²) in [5, 5.41) is 8.91. The van der Waals surface area contributed by atoms with Crippen LogP contribution in [-0.2, 0) is 14.8 Å². The van der Waals surface area contributed by atoms with Crippen molar-refractivity contribution >= 4 is 16.0 Å². The summed E-state index contributed by atoms with van der Waals surface area (Å²) in [4.78, 5) is 11.0. The molecule has 0 heterocycles. The Bertz CT molecular complexity index is 551. The number of hydrogen-bond acceptors (Lipinski definition) is 3. The molecule has 0 bridgehead atoms. The van der Waals surface area contributed by atoms with Crippen LogP contribution in [-0.4, -0.2) is 25.5 Å². The molecule has 5 nitrogen and oxygen atoms in total. The second-order valence-corrected chi connectivity index (χ2v) is 6.51. The van der Waals surface area contributed by atoms with Crippen LogP contribution in [0.1, 0.15) is 45.1 Å². The van der Waals surface area contributed by atoms with Crippen molar-refractivity contribution in [2.24, 2.45) is 0 Å². The average molecular weight is 299 g/mol. The first-order valence-electron chi connectivity index (χ1n) is 6.66. The molecular formula is C14H21NO4S. The molecule has 0 fully saturated rings. The van der Waals surface area contributed by atoms with Crippen molar-refractivity contribution in [2.45, 2.75) is 50.5 Å². The van der Waals surface area contributed by atoms with Crippen LogP contribution in [0.15, 0.2) is 29.2 Å². The van der Waals surface area contributed by atoms with E-state index in [4.69, 9.17) is 5.11 Å². The number of benzene rings is 1. The molecule has 0 radical (unpaired) electrons. The van der Waals surface area contributed by atoms with Gasteiger partial charge in [-0.15, -0.1) is 0 Å². The van der Waals surface area contributed by atoms with E-state index in [1.807, 2.05) is 0 Å². The van der Waals surface area contributed by atoms with Crippen molar-refractivity contribution < 1.29 is 18.3 Å². The lowest BCUT2D eigenvalue weighted by atomic mass is 9.99. The number of nitrogens with one attached hydrogen (secondary N) is 1. The fourth-order valence-corrected chi connectivity index (χ4v) is 3.05. The number of rotatable bonds is 7. The highest BCUT2D eigenvalue weighted by molar-refractivity contribution is 7.89. The molecule has 112 valence electrons. The predicted octanol–water partition coefficient (Wildman–Crippen LogP) is 2.34. The van der Waals surface area contributed by atoms with Crippen molar-refractivity contribution in [1.82, 2.24) is 4.72 Å². The van der Waals surface area contributed by atoms with Gasteiger partial charge in [0, 0.05) is 0 Å². The van der Waals surface area contributed by atoms with E-state index in [0.29, 0.717) is 5.92 Å². The Hall–Kier alpha value is -1.40. The van der Waals surface area contributed by atoms with Crippen LogP contribution in [0.4, 0.5) is 0 Å². The molecule has 1 aromatic rings. The van der Waals surface area contributed by atoms with Gasteiger partial charge in [-0.05, 0) is 36.5 Å². The van der Waals surface area contributed by atoms with E-state index in [1.165, 1.54) is 12.1 Å². The maximum atomic E-state index is 12.1. The summed E-state index contributed by atoms with van der Waals surface area (Å²) < 4.78 is 26.4. The monoisotopic (exact) mass is 299 g/mol. The smallest absolute Gasteiger partial charge is 0.321 e. The summed E-state index contributed by atoms with van der Waals surface area (Å²) in [5.41, 5.74) is 1.07. The largest absolute Gasteiger partial charge is 0.480 e. The van der Waals surface area contributed by atoms with Crippen molar-refractivity contribution in [3.05, 3.63) is 29.8 Å². The Labute approximate surface area is 120 Å². The minimum atomic E-state index is -3.80. The van der Waals surface area contributed by atoms with Crippen LogP contribution < -0.4 is 4.72 Å². The molecule has 1 aromatic carbocycles. The van der Waals surface area contributed by atoms with Crippen LogP contribution in [0, 0.1) is 0 Å². The maximum absolute atomic E-state index is 12.1. The topological polar surface area (TPSA) is 83.5 Å². The van der Waals surface area contributed by atoms with E-state index in [-0.39, 0.29) is 11.3 Å². The highest BCUT2D eigenvalue weighted by Gasteiger charge is 2.23. The molecule has 0 aliphatic rings. The summed E-state index contributed by atoms with van der Waals surface area (Å²) in [6.07, 6.45) is 1.17. The first-order chi connectivity index (χ1) is 9.31. The van der Waals surface area contributed by atoms with Crippen molar-refractivity contribution in [3.63, 3.8) is 0 Å². The Morgan fingerprint density at radius 3 is 2.15 bits per heavy atom. The molecule has 0 aromatic heterocycles. The molecule has 0 aliphatic heterocycles. The Morgan fingerprint density at radius 1 is 1.20 bits per heavy atom. The summed E-state index contributed by atoms with van der Waals surface area (Å²) in [7, 11) is -3.80. The summed E-state index contributed by atoms with van der Waals surface area (Å²) >= 11 is 0. The standard InChI is InChI=1S/C14H21NO4S/c1-4-10(3)11-6-8-12(9-7-11)20(18,19)15-13(5-2)14(16)17/h6-10,13,15H,4-5H2,1-3H3,(H,16,17)/t10?,13-/m1/s1. The van der Waals surface area contributed by atoms with E-state index in [0.717, 1.165) is 12.0 Å². The average Bonchev–Trinajstić information content (AvgIpc) is 2.43. The molecule has 0 saturated heterocycles. The quantitative estimate of drug-likeness (QED) is 0.809. The van der Waals surface area contributed by atoms with Crippen molar-refractivity contribution in [3.8, 4) is 0 Å². The van der Waals surface area contributed by atoms with E-state index in [2.05, 4.69) is 18.6 Å². The van der Waals surface area contributed by atoms with Gasteiger partial charge in [0.2, 0.25) is 10.0 Å². The van der Waals surface area contributed by atoms with E-state index in [9.17, 15) is 13.2 Å². The highest BCUT2D eigenvalue weighted by Crippen LogP contribution is 2.20. The van der Waals surface area contributed by atoms with Gasteiger partial charge < -0.3 is 5.11 Å². The molecule has 1 rings (SSSR count). The lowest BCUT2D eigenvalue weighted by Crippen LogP contribution is -2.40. The molecule has 0 amide bonds. The molecule has 0 aliphatic carbocycles. The molecule has 1 unspecified atom stereocenters. The SMILES string of the molecule is CCC(C)c1ccc(S(=O)(=O)N[C@H](CC)C(=O)O)cc1. The summed E-state index contributed by atoms with van der Waals surface area (Å²) in [6.45, 7) is 5.75. The molecule has 0 saturated carbocycles. The van der Waals surface area contributed by atoms with Crippen LogP contribution in [0.5, 0.6) is 0 Å². The normalized spacial score (nSPS) is 14.8. The lowest BCUT2D eigenvalue weighted by molar-refractivity contribution is -0.139. The third kappa shape index (κ3) is 4.05. The van der Waals surface area contributed by atoms with Gasteiger partial charge in [0.1, 0.15) is 6.04 Å². The summed E-state index contributed by atoms with van der Waals surface area (Å²) in [5.74, 6) is -0.811. The van der Waals surface area contributed by atoms with Crippen LogP contribution in [0.25, 0.3) is 0 Å². The number of carboxylic acids is 1. The van der Waals surface area contributed by atoms with Crippen molar-refractivity contribution in [2.75, 3.05) is 0 Å². The van der Waals surface area contributed by atoms with Gasteiger partial charge >= 0.3 is 5.97 Å². The lowest BCUT2D eigenvalue weighted by Gasteiger charge is -2.14. The van der Waals surface area contributed by atoms with Crippen LogP contribution in [0.2, 0.25) is 0 Å². The number of hydrogen-bond donors (Lipinski definition) is 2. The number of carbonyl (C=O) groups is 1. The first-order valence-corrected chi connectivity index (χ1v) is 8.15. The van der Waals surface area contributed by atoms with Gasteiger partial charge in [0.05, 0.1) is 4.90 Å². The molecular weight excluding hydrogens is 278 g/mol. The van der Waals surface area contributed by atoms with Gasteiger partial charge in [-0.25, -0.2) is 8.42 Å². The molecule has 0 spiro atoms. The predicted molar refractivity (Wildman–Crippen MR) is 77.2 cm³/mol. The zero-order valence-corrected chi connectivity index (χ0v) is 12.8. The zero-order valence-electron chi connectivity index (χ0n) is 12.0. The van der Waals surface area contributed by atoms with Crippen LogP contribution in [0.3, 0.4) is 0 Å². The van der Waals surface area contributed by atoms with E-state index >= 15 is 0 Å². The Morgan fingerprint density at radius 2 is 1.75 bits per heavy atom. The third-order valence-corrected chi connectivity index (χ3v) is 4.86. The highest BCUT2D eigenvalue weighted by atomic mass is 32.2. The minimum absolute atomic E-state index is 0.0873. The van der Waals surface area contributed by atoms with Gasteiger partial charge in [-0.2, -0.15) is 4.72 Å². The van der Waals surface area contributed by atoms with Gasteiger partial charge in [0.25, 0.3) is 0 Å². The van der Waals surface area contributed by atoms with Gasteiger partial charge in [0.15, 0.2) is 0 Å².